The van der Waals surface area contributed by atoms with Gasteiger partial charge in [-0.2, -0.15) is 0 Å². The van der Waals surface area contributed by atoms with E-state index >= 15 is 0 Å². The quantitative estimate of drug-likeness (QED) is 0.694. The van der Waals surface area contributed by atoms with Gasteiger partial charge in [0.05, 0.1) is 5.56 Å². The second-order valence-electron chi connectivity index (χ2n) is 7.96. The van der Waals surface area contributed by atoms with E-state index in [2.05, 4.69) is 15.6 Å². The molecule has 3 N–H and O–H groups in total. The summed E-state index contributed by atoms with van der Waals surface area (Å²) in [6.07, 6.45) is 4.64. The van der Waals surface area contributed by atoms with Crippen LogP contribution >= 0.6 is 0 Å². The fraction of sp³-hybridized carbons (Fsp3) is 0.526. The molecule has 0 aliphatic carbocycles. The molecule has 8 nitrogen and oxygen atoms in total. The smallest absolute Gasteiger partial charge is 0.323 e. The van der Waals surface area contributed by atoms with Crippen molar-refractivity contribution < 1.29 is 14.3 Å². The molecule has 8 heteroatoms. The van der Waals surface area contributed by atoms with Crippen LogP contribution in [-0.2, 0) is 16.6 Å². The van der Waals surface area contributed by atoms with E-state index in [4.69, 9.17) is 4.74 Å². The summed E-state index contributed by atoms with van der Waals surface area (Å²) in [4.78, 5) is 39.7. The van der Waals surface area contributed by atoms with Gasteiger partial charge in [0.2, 0.25) is 0 Å². The highest BCUT2D eigenvalue weighted by atomic mass is 16.6. The molecule has 27 heavy (non-hydrogen) atoms. The second-order valence-corrected chi connectivity index (χ2v) is 7.96. The van der Waals surface area contributed by atoms with Crippen molar-refractivity contribution in [2.75, 3.05) is 6.54 Å². The number of rotatable bonds is 4. The van der Waals surface area contributed by atoms with Crippen molar-refractivity contribution in [3.05, 3.63) is 34.4 Å². The zero-order valence-corrected chi connectivity index (χ0v) is 16.1. The summed E-state index contributed by atoms with van der Waals surface area (Å²) < 4.78 is 6.79. The van der Waals surface area contributed by atoms with E-state index in [1.807, 2.05) is 20.8 Å². The molecule has 0 bridgehead atoms. The number of hydrogen-bond acceptors (Lipinski definition) is 5. The number of aromatic amines is 1. The number of aromatic nitrogens is 2. The van der Waals surface area contributed by atoms with Crippen LogP contribution in [0.4, 0.5) is 0 Å². The molecule has 0 radical (unpaired) electrons. The number of carbonyl (C=O) groups is 2. The topological polar surface area (TPSA) is 105 Å². The second kappa shape index (κ2) is 7.19. The largest absolute Gasteiger partial charge is 0.459 e. The lowest BCUT2D eigenvalue weighted by Gasteiger charge is -2.22. The van der Waals surface area contributed by atoms with Crippen molar-refractivity contribution in [2.24, 2.45) is 7.05 Å². The van der Waals surface area contributed by atoms with Crippen molar-refractivity contribution in [1.82, 2.24) is 20.2 Å². The van der Waals surface area contributed by atoms with E-state index in [0.29, 0.717) is 29.4 Å². The summed E-state index contributed by atoms with van der Waals surface area (Å²) in [6, 6.07) is 1.37. The molecule has 2 aromatic rings. The lowest BCUT2D eigenvalue weighted by atomic mass is 10.1. The molecule has 2 unspecified atom stereocenters. The molecular formula is C19H26N4O4. The van der Waals surface area contributed by atoms with Gasteiger partial charge in [-0.25, -0.2) is 0 Å². The summed E-state index contributed by atoms with van der Waals surface area (Å²) in [5.74, 6) is -0.513. The Balaban J connectivity index is 1.61. The molecule has 0 aromatic carbocycles. The van der Waals surface area contributed by atoms with Gasteiger partial charge in [0.15, 0.2) is 0 Å². The summed E-state index contributed by atoms with van der Waals surface area (Å²) in [5, 5.41) is 6.72. The molecule has 1 fully saturated rings. The van der Waals surface area contributed by atoms with Crippen LogP contribution < -0.4 is 16.2 Å². The molecular weight excluding hydrogens is 348 g/mol. The SMILES string of the molecule is Cn1cc(C(=O)NCC2CCC(C(=O)OC(C)(C)C)N2)c2cc[nH]c2c1=O. The summed E-state index contributed by atoms with van der Waals surface area (Å²) >= 11 is 0. The highest BCUT2D eigenvalue weighted by molar-refractivity contribution is 6.05. The molecule has 3 rings (SSSR count). The maximum atomic E-state index is 12.6. The van der Waals surface area contributed by atoms with Crippen LogP contribution in [0.3, 0.4) is 0 Å². The average molecular weight is 374 g/mol. The van der Waals surface area contributed by atoms with E-state index in [-0.39, 0.29) is 29.5 Å². The number of ether oxygens (including phenoxy) is 1. The molecule has 1 aliphatic heterocycles. The molecule has 0 spiro atoms. The van der Waals surface area contributed by atoms with Gasteiger partial charge in [0, 0.05) is 37.4 Å². The predicted octanol–water partition coefficient (Wildman–Crippen LogP) is 1.06. The molecule has 146 valence electrons. The predicted molar refractivity (Wildman–Crippen MR) is 102 cm³/mol. The first-order valence-electron chi connectivity index (χ1n) is 9.09. The Labute approximate surface area is 157 Å². The number of amides is 1. The number of aryl methyl sites for hydroxylation is 1. The third-order valence-electron chi connectivity index (χ3n) is 4.58. The fourth-order valence-corrected chi connectivity index (χ4v) is 3.30. The van der Waals surface area contributed by atoms with Crippen LogP contribution in [0, 0.1) is 0 Å². The Hall–Kier alpha value is -2.61. The summed E-state index contributed by atoms with van der Waals surface area (Å²) in [6.45, 7) is 5.92. The van der Waals surface area contributed by atoms with Crippen molar-refractivity contribution in [1.29, 1.82) is 0 Å². The lowest BCUT2D eigenvalue weighted by molar-refractivity contribution is -0.157. The van der Waals surface area contributed by atoms with E-state index in [9.17, 15) is 14.4 Å². The third kappa shape index (κ3) is 4.21. The number of pyridine rings is 1. The Morgan fingerprint density at radius 2 is 2.07 bits per heavy atom. The van der Waals surface area contributed by atoms with Crippen LogP contribution in [0.1, 0.15) is 44.0 Å². The van der Waals surface area contributed by atoms with Gasteiger partial charge in [-0.1, -0.05) is 0 Å². The zero-order chi connectivity index (χ0) is 19.8. The Bertz CT molecular complexity index is 922. The lowest BCUT2D eigenvalue weighted by Crippen LogP contribution is -2.44. The fourth-order valence-electron chi connectivity index (χ4n) is 3.30. The van der Waals surface area contributed by atoms with Crippen molar-refractivity contribution >= 4 is 22.8 Å². The van der Waals surface area contributed by atoms with Crippen molar-refractivity contribution in [3.63, 3.8) is 0 Å². The summed E-state index contributed by atoms with van der Waals surface area (Å²) in [7, 11) is 1.61. The monoisotopic (exact) mass is 374 g/mol. The third-order valence-corrected chi connectivity index (χ3v) is 4.58. The van der Waals surface area contributed by atoms with Gasteiger partial charge >= 0.3 is 5.97 Å². The van der Waals surface area contributed by atoms with E-state index in [1.54, 1.807) is 25.5 Å². The number of hydrogen-bond donors (Lipinski definition) is 3. The molecule has 2 aromatic heterocycles. The maximum absolute atomic E-state index is 12.6. The highest BCUT2D eigenvalue weighted by Gasteiger charge is 2.32. The van der Waals surface area contributed by atoms with Crippen LogP contribution in [0.2, 0.25) is 0 Å². The molecule has 0 saturated carbocycles. The number of esters is 1. The van der Waals surface area contributed by atoms with Crippen LogP contribution in [0.25, 0.3) is 10.9 Å². The van der Waals surface area contributed by atoms with Gasteiger partial charge < -0.3 is 19.6 Å². The van der Waals surface area contributed by atoms with Gasteiger partial charge in [0.1, 0.15) is 17.2 Å². The molecule has 1 saturated heterocycles. The highest BCUT2D eigenvalue weighted by Crippen LogP contribution is 2.17. The van der Waals surface area contributed by atoms with Crippen LogP contribution in [0.15, 0.2) is 23.3 Å². The number of fused-ring (bicyclic) bond motifs is 1. The van der Waals surface area contributed by atoms with E-state index in [1.165, 1.54) is 4.57 Å². The number of H-pyrrole nitrogens is 1. The minimum atomic E-state index is -0.518. The molecule has 3 heterocycles. The molecule has 1 aliphatic rings. The van der Waals surface area contributed by atoms with Crippen LogP contribution in [-0.4, -0.2) is 45.7 Å². The Morgan fingerprint density at radius 1 is 1.33 bits per heavy atom. The Morgan fingerprint density at radius 3 is 2.78 bits per heavy atom. The van der Waals surface area contributed by atoms with Crippen LogP contribution in [0.5, 0.6) is 0 Å². The summed E-state index contributed by atoms with van der Waals surface area (Å²) in [5.41, 5.74) is 0.157. The normalized spacial score (nSPS) is 20.0. The molecule has 1 amide bonds. The van der Waals surface area contributed by atoms with Gasteiger partial charge in [0.25, 0.3) is 11.5 Å². The first-order valence-corrected chi connectivity index (χ1v) is 9.09. The van der Waals surface area contributed by atoms with Gasteiger partial charge in [-0.3, -0.25) is 19.7 Å². The minimum absolute atomic E-state index is 0.000663. The maximum Gasteiger partial charge on any atom is 0.323 e. The minimum Gasteiger partial charge on any atom is -0.459 e. The molecule has 2 atom stereocenters. The van der Waals surface area contributed by atoms with Gasteiger partial charge in [-0.05, 0) is 39.7 Å². The van der Waals surface area contributed by atoms with E-state index < -0.39 is 5.60 Å². The van der Waals surface area contributed by atoms with Gasteiger partial charge in [-0.15, -0.1) is 0 Å². The number of carbonyl (C=O) groups excluding carboxylic acids is 2. The number of nitrogens with zero attached hydrogens (tertiary/aromatic N) is 1. The van der Waals surface area contributed by atoms with E-state index in [0.717, 1.165) is 6.42 Å². The van der Waals surface area contributed by atoms with Crippen molar-refractivity contribution in [3.8, 4) is 0 Å². The first-order chi connectivity index (χ1) is 12.7. The average Bonchev–Trinajstić information content (AvgIpc) is 3.23. The Kier molecular flexibility index (Phi) is 5.10. The number of nitrogens with one attached hydrogen (secondary N) is 3. The zero-order valence-electron chi connectivity index (χ0n) is 16.1. The van der Waals surface area contributed by atoms with Crippen molar-refractivity contribution in [2.45, 2.75) is 51.3 Å². The standard InChI is InChI=1S/C19H26N4O4/c1-19(2,3)27-18(26)14-6-5-11(22-14)9-21-16(24)13-10-23(4)17(25)15-12(13)7-8-20-15/h7-8,10-11,14,20,22H,5-6,9H2,1-4H3,(H,21,24). The first kappa shape index (κ1) is 19.2.